The Morgan fingerprint density at radius 3 is 2.46 bits per heavy atom. The minimum atomic E-state index is -0.217. The van der Waals surface area contributed by atoms with Crippen molar-refractivity contribution in [3.63, 3.8) is 0 Å². The summed E-state index contributed by atoms with van der Waals surface area (Å²) in [5.74, 6) is -0.382. The van der Waals surface area contributed by atoms with Gasteiger partial charge in [0.2, 0.25) is 5.91 Å². The molecule has 1 aromatic rings. The highest BCUT2D eigenvalue weighted by Gasteiger charge is 2.34. The van der Waals surface area contributed by atoms with Gasteiger partial charge in [0.15, 0.2) is 0 Å². The van der Waals surface area contributed by atoms with E-state index in [9.17, 15) is 14.4 Å². The molecule has 3 amide bonds. The van der Waals surface area contributed by atoms with Crippen LogP contribution >= 0.6 is 0 Å². The van der Waals surface area contributed by atoms with Crippen LogP contribution in [0.5, 0.6) is 0 Å². The molecule has 2 heterocycles. The van der Waals surface area contributed by atoms with E-state index >= 15 is 0 Å². The van der Waals surface area contributed by atoms with E-state index in [1.165, 1.54) is 4.90 Å². The number of unbranched alkanes of at least 4 members (excludes halogenated alkanes) is 1. The molecule has 2 aliphatic heterocycles. The molecule has 0 spiro atoms. The van der Waals surface area contributed by atoms with Crippen molar-refractivity contribution in [2.24, 2.45) is 0 Å². The Morgan fingerprint density at radius 2 is 1.83 bits per heavy atom. The van der Waals surface area contributed by atoms with Crippen LogP contribution in [-0.2, 0) is 4.79 Å². The Bertz CT molecular complexity index is 603. The quantitative estimate of drug-likeness (QED) is 0.609. The number of hydrogen-bond acceptors (Lipinski definition) is 4. The van der Waals surface area contributed by atoms with Gasteiger partial charge >= 0.3 is 0 Å². The molecule has 128 valence electrons. The van der Waals surface area contributed by atoms with Crippen LogP contribution in [0.2, 0.25) is 0 Å². The number of benzene rings is 1. The molecule has 0 aliphatic carbocycles. The molecular formula is C18H23N3O3. The summed E-state index contributed by atoms with van der Waals surface area (Å²) < 4.78 is 0. The number of nitrogens with one attached hydrogen (secondary N) is 2. The van der Waals surface area contributed by atoms with Crippen molar-refractivity contribution in [3.8, 4) is 0 Å². The van der Waals surface area contributed by atoms with Crippen molar-refractivity contribution in [1.29, 1.82) is 0 Å². The number of carbonyl (C=O) groups is 3. The molecule has 0 aromatic heterocycles. The lowest BCUT2D eigenvalue weighted by atomic mass is 10.0. The summed E-state index contributed by atoms with van der Waals surface area (Å²) in [6.07, 6.45) is 4.53. The van der Waals surface area contributed by atoms with E-state index in [4.69, 9.17) is 0 Å². The zero-order valence-corrected chi connectivity index (χ0v) is 13.7. The van der Waals surface area contributed by atoms with Gasteiger partial charge in [-0.2, -0.15) is 0 Å². The molecule has 1 saturated heterocycles. The second-order valence-electron chi connectivity index (χ2n) is 6.31. The lowest BCUT2D eigenvalue weighted by Crippen LogP contribution is -2.46. The standard InChI is InChI=1S/C18H23N3O3/c22-16(15-9-3-4-10-19-15)20-11-5-6-12-21-17(23)13-7-1-2-8-14(13)18(21)24/h1-2,7-8,15,19H,3-6,9-12H2,(H,20,22). The maximum absolute atomic E-state index is 12.2. The van der Waals surface area contributed by atoms with E-state index in [1.54, 1.807) is 24.3 Å². The number of nitrogens with zero attached hydrogens (tertiary/aromatic N) is 1. The largest absolute Gasteiger partial charge is 0.355 e. The summed E-state index contributed by atoms with van der Waals surface area (Å²) in [7, 11) is 0. The van der Waals surface area contributed by atoms with Crippen molar-refractivity contribution in [1.82, 2.24) is 15.5 Å². The first kappa shape index (κ1) is 16.6. The van der Waals surface area contributed by atoms with E-state index < -0.39 is 0 Å². The number of carbonyl (C=O) groups excluding carboxylic acids is 3. The van der Waals surface area contributed by atoms with Crippen molar-refractivity contribution in [2.45, 2.75) is 38.1 Å². The van der Waals surface area contributed by atoms with Gasteiger partial charge in [0, 0.05) is 13.1 Å². The number of piperidine rings is 1. The van der Waals surface area contributed by atoms with Gasteiger partial charge in [-0.25, -0.2) is 0 Å². The molecule has 1 aromatic carbocycles. The minimum absolute atomic E-state index is 0.0513. The fourth-order valence-corrected chi connectivity index (χ4v) is 3.25. The first-order chi connectivity index (χ1) is 11.7. The SMILES string of the molecule is O=C(NCCCCN1C(=O)c2ccccc2C1=O)C1CCCCN1. The third-order valence-electron chi connectivity index (χ3n) is 4.61. The Hall–Kier alpha value is -2.21. The average molecular weight is 329 g/mol. The van der Waals surface area contributed by atoms with Crippen LogP contribution in [0.1, 0.15) is 52.8 Å². The van der Waals surface area contributed by atoms with Crippen molar-refractivity contribution < 1.29 is 14.4 Å². The molecule has 6 nitrogen and oxygen atoms in total. The van der Waals surface area contributed by atoms with Crippen LogP contribution < -0.4 is 10.6 Å². The third kappa shape index (κ3) is 3.48. The summed E-state index contributed by atoms with van der Waals surface area (Å²) >= 11 is 0. The van der Waals surface area contributed by atoms with Gasteiger partial charge in [-0.05, 0) is 44.4 Å². The lowest BCUT2D eigenvalue weighted by molar-refractivity contribution is -0.123. The normalized spacial score (nSPS) is 20.2. The van der Waals surface area contributed by atoms with Crippen LogP contribution in [0.3, 0.4) is 0 Å². The Kier molecular flexibility index (Phi) is 5.25. The highest BCUT2D eigenvalue weighted by atomic mass is 16.2. The van der Waals surface area contributed by atoms with Crippen LogP contribution in [0.4, 0.5) is 0 Å². The van der Waals surface area contributed by atoms with Gasteiger partial charge in [0.05, 0.1) is 17.2 Å². The van der Waals surface area contributed by atoms with Crippen LogP contribution in [0, 0.1) is 0 Å². The molecule has 6 heteroatoms. The molecule has 1 atom stereocenters. The highest BCUT2D eigenvalue weighted by Crippen LogP contribution is 2.22. The minimum Gasteiger partial charge on any atom is -0.355 e. The van der Waals surface area contributed by atoms with Gasteiger partial charge in [-0.15, -0.1) is 0 Å². The van der Waals surface area contributed by atoms with E-state index in [2.05, 4.69) is 10.6 Å². The highest BCUT2D eigenvalue weighted by molar-refractivity contribution is 6.21. The predicted octanol–water partition coefficient (Wildman–Crippen LogP) is 1.32. The molecule has 1 unspecified atom stereocenters. The molecule has 1 fully saturated rings. The van der Waals surface area contributed by atoms with Crippen molar-refractivity contribution in [2.75, 3.05) is 19.6 Å². The number of imide groups is 1. The van der Waals surface area contributed by atoms with Gasteiger partial charge in [-0.1, -0.05) is 18.6 Å². The van der Waals surface area contributed by atoms with E-state index in [0.717, 1.165) is 32.2 Å². The zero-order chi connectivity index (χ0) is 16.9. The molecule has 3 rings (SSSR count). The van der Waals surface area contributed by atoms with E-state index in [0.29, 0.717) is 30.6 Å². The molecule has 0 saturated carbocycles. The summed E-state index contributed by atoms with van der Waals surface area (Å²) in [4.78, 5) is 37.7. The van der Waals surface area contributed by atoms with Gasteiger partial charge in [0.1, 0.15) is 0 Å². The predicted molar refractivity (Wildman–Crippen MR) is 89.7 cm³/mol. The second kappa shape index (κ2) is 7.57. The Labute approximate surface area is 141 Å². The van der Waals surface area contributed by atoms with Gasteiger partial charge in [-0.3, -0.25) is 19.3 Å². The van der Waals surface area contributed by atoms with E-state index in [1.807, 2.05) is 0 Å². The fourth-order valence-electron chi connectivity index (χ4n) is 3.25. The van der Waals surface area contributed by atoms with Crippen LogP contribution in [0.25, 0.3) is 0 Å². The maximum Gasteiger partial charge on any atom is 0.261 e. The van der Waals surface area contributed by atoms with Crippen molar-refractivity contribution in [3.05, 3.63) is 35.4 Å². The average Bonchev–Trinajstić information content (AvgIpc) is 2.87. The number of fused-ring (bicyclic) bond motifs is 1. The first-order valence-corrected chi connectivity index (χ1v) is 8.65. The fraction of sp³-hybridized carbons (Fsp3) is 0.500. The topological polar surface area (TPSA) is 78.5 Å². The molecule has 0 radical (unpaired) electrons. The number of amides is 3. The maximum atomic E-state index is 12.2. The summed E-state index contributed by atoms with van der Waals surface area (Å²) in [5.41, 5.74) is 0.971. The third-order valence-corrected chi connectivity index (χ3v) is 4.61. The molecule has 2 aliphatic rings. The molecule has 24 heavy (non-hydrogen) atoms. The smallest absolute Gasteiger partial charge is 0.261 e. The second-order valence-corrected chi connectivity index (χ2v) is 6.31. The molecule has 2 N–H and O–H groups in total. The monoisotopic (exact) mass is 329 g/mol. The number of rotatable bonds is 6. The van der Waals surface area contributed by atoms with E-state index in [-0.39, 0.29) is 23.8 Å². The van der Waals surface area contributed by atoms with Crippen molar-refractivity contribution >= 4 is 17.7 Å². The van der Waals surface area contributed by atoms with Gasteiger partial charge in [0.25, 0.3) is 11.8 Å². The molecule has 0 bridgehead atoms. The molecular weight excluding hydrogens is 306 g/mol. The Morgan fingerprint density at radius 1 is 1.12 bits per heavy atom. The summed E-state index contributed by atoms with van der Waals surface area (Å²) in [6.45, 7) is 1.86. The van der Waals surface area contributed by atoms with Gasteiger partial charge < -0.3 is 10.6 Å². The van der Waals surface area contributed by atoms with Crippen LogP contribution in [-0.4, -0.2) is 48.3 Å². The summed E-state index contributed by atoms with van der Waals surface area (Å²) in [6, 6.07) is 6.83. The summed E-state index contributed by atoms with van der Waals surface area (Å²) in [5, 5.41) is 6.14. The zero-order valence-electron chi connectivity index (χ0n) is 13.7. The lowest BCUT2D eigenvalue weighted by Gasteiger charge is -2.22. The Balaban J connectivity index is 1.39. The first-order valence-electron chi connectivity index (χ1n) is 8.65. The van der Waals surface area contributed by atoms with Crippen LogP contribution in [0.15, 0.2) is 24.3 Å². The number of hydrogen-bond donors (Lipinski definition) is 2.